The highest BCUT2D eigenvalue weighted by Crippen LogP contribution is 2.41. The molecule has 1 fully saturated rings. The van der Waals surface area contributed by atoms with Gasteiger partial charge < -0.3 is 5.11 Å². The molecule has 15 heavy (non-hydrogen) atoms. The fourth-order valence-electron chi connectivity index (χ4n) is 2.54. The third kappa shape index (κ3) is 5.55. The average molecular weight is 214 g/mol. The minimum absolute atomic E-state index is 0.341. The normalized spacial score (nSPS) is 18.4. The van der Waals surface area contributed by atoms with E-state index in [1.807, 2.05) is 13.8 Å². The smallest absolute Gasteiger partial charge is 0.0487 e. The van der Waals surface area contributed by atoms with Gasteiger partial charge in [0.05, 0.1) is 0 Å². The molecule has 0 unspecified atom stereocenters. The predicted octanol–water partition coefficient (Wildman–Crippen LogP) is 4.54. The Morgan fingerprint density at radius 2 is 1.60 bits per heavy atom. The van der Waals surface area contributed by atoms with Crippen LogP contribution in [-0.4, -0.2) is 11.7 Å². The van der Waals surface area contributed by atoms with Gasteiger partial charge in [0.1, 0.15) is 0 Å². The van der Waals surface area contributed by atoms with E-state index in [4.69, 9.17) is 0 Å². The summed E-state index contributed by atoms with van der Waals surface area (Å²) in [4.78, 5) is 0. The lowest BCUT2D eigenvalue weighted by molar-refractivity contribution is 0.117. The largest absolute Gasteiger partial charge is 0.396 e. The van der Waals surface area contributed by atoms with Crippen LogP contribution in [0, 0.1) is 5.41 Å². The van der Waals surface area contributed by atoms with E-state index in [0.29, 0.717) is 12.0 Å². The number of aliphatic hydroxyl groups excluding tert-OH is 1. The molecule has 0 amide bonds. The second-order valence-corrected chi connectivity index (χ2v) is 4.68. The zero-order valence-corrected chi connectivity index (χ0v) is 11.0. The summed E-state index contributed by atoms with van der Waals surface area (Å²) in [7, 11) is 0. The molecular formula is C14H30O. The van der Waals surface area contributed by atoms with Crippen LogP contribution in [0.2, 0.25) is 0 Å². The number of rotatable bonds is 6. The number of aliphatic hydroxyl groups is 1. The van der Waals surface area contributed by atoms with Crippen LogP contribution in [0.1, 0.15) is 78.6 Å². The van der Waals surface area contributed by atoms with E-state index in [1.165, 1.54) is 57.8 Å². The van der Waals surface area contributed by atoms with Crippen molar-refractivity contribution in [3.8, 4) is 0 Å². The molecule has 0 spiro atoms. The van der Waals surface area contributed by atoms with Crippen molar-refractivity contribution >= 4 is 0 Å². The Morgan fingerprint density at radius 3 is 2.07 bits per heavy atom. The van der Waals surface area contributed by atoms with Gasteiger partial charge in [-0.15, -0.1) is 0 Å². The molecule has 0 aliphatic heterocycles. The first-order chi connectivity index (χ1) is 7.33. The van der Waals surface area contributed by atoms with Crippen molar-refractivity contribution in [1.82, 2.24) is 0 Å². The summed E-state index contributed by atoms with van der Waals surface area (Å²) >= 11 is 0. The van der Waals surface area contributed by atoms with E-state index in [2.05, 4.69) is 6.92 Å². The monoisotopic (exact) mass is 214 g/mol. The van der Waals surface area contributed by atoms with Gasteiger partial charge in [-0.25, -0.2) is 0 Å². The Kier molecular flexibility index (Phi) is 9.18. The lowest BCUT2D eigenvalue weighted by Gasteiger charge is -2.26. The van der Waals surface area contributed by atoms with Crippen LogP contribution in [-0.2, 0) is 0 Å². The first kappa shape index (κ1) is 15.0. The van der Waals surface area contributed by atoms with Gasteiger partial charge in [-0.2, -0.15) is 0 Å². The molecule has 0 aromatic rings. The molecule has 1 saturated carbocycles. The van der Waals surface area contributed by atoms with Crippen LogP contribution in [0.5, 0.6) is 0 Å². The molecule has 0 saturated heterocycles. The molecule has 0 bridgehead atoms. The maximum absolute atomic E-state index is 9.37. The molecule has 1 heteroatoms. The number of hydrogen-bond donors (Lipinski definition) is 1. The summed E-state index contributed by atoms with van der Waals surface area (Å²) in [6, 6.07) is 0. The molecule has 1 aliphatic rings. The van der Waals surface area contributed by atoms with E-state index in [-0.39, 0.29) is 0 Å². The van der Waals surface area contributed by atoms with Gasteiger partial charge in [0, 0.05) is 6.61 Å². The average Bonchev–Trinajstić information content (AvgIpc) is 2.77. The first-order valence-corrected chi connectivity index (χ1v) is 6.94. The second-order valence-electron chi connectivity index (χ2n) is 4.68. The SMILES string of the molecule is CC.CCCCCCC1(CO)CCCC1. The predicted molar refractivity (Wildman–Crippen MR) is 68.1 cm³/mol. The van der Waals surface area contributed by atoms with Crippen molar-refractivity contribution in [2.75, 3.05) is 6.61 Å². The number of hydrogen-bond acceptors (Lipinski definition) is 1. The maximum Gasteiger partial charge on any atom is 0.0487 e. The lowest BCUT2D eigenvalue weighted by atomic mass is 9.82. The van der Waals surface area contributed by atoms with Crippen molar-refractivity contribution < 1.29 is 5.11 Å². The molecule has 1 nitrogen and oxygen atoms in total. The zero-order chi connectivity index (χ0) is 11.6. The molecule has 1 aliphatic carbocycles. The third-order valence-corrected chi connectivity index (χ3v) is 3.56. The van der Waals surface area contributed by atoms with Crippen LogP contribution in [0.4, 0.5) is 0 Å². The first-order valence-electron chi connectivity index (χ1n) is 6.94. The van der Waals surface area contributed by atoms with Gasteiger partial charge in [-0.3, -0.25) is 0 Å². The van der Waals surface area contributed by atoms with E-state index in [1.54, 1.807) is 0 Å². The minimum Gasteiger partial charge on any atom is -0.396 e. The molecular weight excluding hydrogens is 184 g/mol. The van der Waals surface area contributed by atoms with Gasteiger partial charge in [-0.1, -0.05) is 59.3 Å². The fraction of sp³-hybridized carbons (Fsp3) is 1.00. The van der Waals surface area contributed by atoms with E-state index in [0.717, 1.165) is 0 Å². The van der Waals surface area contributed by atoms with Crippen LogP contribution < -0.4 is 0 Å². The number of unbranched alkanes of at least 4 members (excludes halogenated alkanes) is 3. The van der Waals surface area contributed by atoms with Crippen LogP contribution in [0.25, 0.3) is 0 Å². The minimum atomic E-state index is 0.341. The van der Waals surface area contributed by atoms with Gasteiger partial charge in [0.25, 0.3) is 0 Å². The van der Waals surface area contributed by atoms with Gasteiger partial charge in [0.15, 0.2) is 0 Å². The van der Waals surface area contributed by atoms with Crippen LogP contribution in [0.3, 0.4) is 0 Å². The van der Waals surface area contributed by atoms with Crippen molar-refractivity contribution in [3.05, 3.63) is 0 Å². The molecule has 0 radical (unpaired) electrons. The Hall–Kier alpha value is -0.0400. The topological polar surface area (TPSA) is 20.2 Å². The molecule has 0 aromatic carbocycles. The van der Waals surface area contributed by atoms with Gasteiger partial charge in [0.2, 0.25) is 0 Å². The summed E-state index contributed by atoms with van der Waals surface area (Å²) in [5, 5.41) is 9.37. The Bertz CT molecular complexity index is 125. The van der Waals surface area contributed by atoms with Gasteiger partial charge >= 0.3 is 0 Å². The molecule has 0 atom stereocenters. The van der Waals surface area contributed by atoms with E-state index < -0.39 is 0 Å². The van der Waals surface area contributed by atoms with Crippen molar-refractivity contribution in [2.24, 2.45) is 5.41 Å². The molecule has 92 valence electrons. The highest BCUT2D eigenvalue weighted by Gasteiger charge is 2.32. The Balaban J connectivity index is 0.000000921. The highest BCUT2D eigenvalue weighted by molar-refractivity contribution is 4.83. The second kappa shape index (κ2) is 9.21. The third-order valence-electron chi connectivity index (χ3n) is 3.56. The summed E-state index contributed by atoms with van der Waals surface area (Å²) < 4.78 is 0. The van der Waals surface area contributed by atoms with Crippen molar-refractivity contribution in [1.29, 1.82) is 0 Å². The molecule has 0 heterocycles. The Morgan fingerprint density at radius 1 is 1.00 bits per heavy atom. The highest BCUT2D eigenvalue weighted by atomic mass is 16.3. The van der Waals surface area contributed by atoms with E-state index in [9.17, 15) is 5.11 Å². The zero-order valence-electron chi connectivity index (χ0n) is 11.0. The lowest BCUT2D eigenvalue weighted by Crippen LogP contribution is -2.21. The maximum atomic E-state index is 9.37. The summed E-state index contributed by atoms with van der Waals surface area (Å²) in [5.41, 5.74) is 0.341. The quantitative estimate of drug-likeness (QED) is 0.644. The van der Waals surface area contributed by atoms with Crippen molar-refractivity contribution in [3.63, 3.8) is 0 Å². The molecule has 1 rings (SSSR count). The summed E-state index contributed by atoms with van der Waals surface area (Å²) in [6.45, 7) is 6.68. The van der Waals surface area contributed by atoms with Crippen LogP contribution in [0.15, 0.2) is 0 Å². The molecule has 0 aromatic heterocycles. The van der Waals surface area contributed by atoms with E-state index >= 15 is 0 Å². The summed E-state index contributed by atoms with van der Waals surface area (Å²) in [6.07, 6.45) is 11.9. The standard InChI is InChI=1S/C12H24O.C2H6/c1-2-3-4-5-8-12(11-13)9-6-7-10-12;1-2/h13H,2-11H2,1H3;1-2H3. The molecule has 1 N–H and O–H groups in total. The fourth-order valence-corrected chi connectivity index (χ4v) is 2.54. The Labute approximate surface area is 96.3 Å². The van der Waals surface area contributed by atoms with Crippen molar-refractivity contribution in [2.45, 2.75) is 78.6 Å². The van der Waals surface area contributed by atoms with Crippen LogP contribution >= 0.6 is 0 Å². The van der Waals surface area contributed by atoms with Gasteiger partial charge in [-0.05, 0) is 24.7 Å². The summed E-state index contributed by atoms with van der Waals surface area (Å²) in [5.74, 6) is 0.